The summed E-state index contributed by atoms with van der Waals surface area (Å²) in [4.78, 5) is 10.0. The minimum Gasteiger partial charge on any atom is -0.451 e. The average Bonchev–Trinajstić information content (AvgIpc) is 3.46. The summed E-state index contributed by atoms with van der Waals surface area (Å²) in [5, 5.41) is 9.19. The average molecular weight is 485 g/mol. The Morgan fingerprint density at radius 1 is 1.03 bits per heavy atom. The van der Waals surface area contributed by atoms with Gasteiger partial charge in [0.25, 0.3) is 0 Å². The largest absolute Gasteiger partial charge is 0.451 e. The summed E-state index contributed by atoms with van der Waals surface area (Å²) >= 11 is 0. The standard InChI is InChI=1S/C24H16F5N5O/c25-16-5-12(35-23-20(28)17(26)7-18(27)21(23)29)1-2-13(16)15-6-14(11-3-4-34(8-11)9-30)22-19(15)24(31)33-10-32-22/h1-2,5-7,10-11,14H,3-4,8H2,(H2,31,32,33)/t11-,14?/m1/s1. The number of likely N-dealkylation sites (tertiary alicyclic amines) is 1. The number of fused-ring (bicyclic) bond motifs is 1. The third-order valence-electron chi connectivity index (χ3n) is 6.23. The molecule has 0 bridgehead atoms. The van der Waals surface area contributed by atoms with Crippen molar-refractivity contribution in [3.05, 3.63) is 82.6 Å². The van der Waals surface area contributed by atoms with Gasteiger partial charge < -0.3 is 15.4 Å². The molecule has 0 radical (unpaired) electrons. The molecular formula is C24H16F5N5O. The normalized spacial score (nSPS) is 18.9. The fourth-order valence-electron chi connectivity index (χ4n) is 4.58. The highest BCUT2D eigenvalue weighted by Crippen LogP contribution is 2.46. The van der Waals surface area contributed by atoms with Crippen molar-refractivity contribution >= 4 is 11.4 Å². The van der Waals surface area contributed by atoms with Crippen molar-refractivity contribution in [2.75, 3.05) is 18.8 Å². The number of rotatable bonds is 4. The number of hydrogen-bond acceptors (Lipinski definition) is 6. The Labute approximate surface area is 196 Å². The molecule has 2 aromatic carbocycles. The van der Waals surface area contributed by atoms with Crippen molar-refractivity contribution in [3.63, 3.8) is 0 Å². The summed E-state index contributed by atoms with van der Waals surface area (Å²) in [6.07, 6.45) is 6.01. The predicted molar refractivity (Wildman–Crippen MR) is 114 cm³/mol. The van der Waals surface area contributed by atoms with E-state index in [-0.39, 0.29) is 35.0 Å². The van der Waals surface area contributed by atoms with Crippen LogP contribution < -0.4 is 10.5 Å². The van der Waals surface area contributed by atoms with Gasteiger partial charge in [0.2, 0.25) is 17.4 Å². The van der Waals surface area contributed by atoms with Crippen LogP contribution in [-0.2, 0) is 0 Å². The highest BCUT2D eigenvalue weighted by molar-refractivity contribution is 5.89. The van der Waals surface area contributed by atoms with Crippen molar-refractivity contribution in [1.29, 1.82) is 5.26 Å². The van der Waals surface area contributed by atoms with Crippen LogP contribution in [0.3, 0.4) is 0 Å². The van der Waals surface area contributed by atoms with Crippen LogP contribution in [0.1, 0.15) is 29.2 Å². The molecule has 35 heavy (non-hydrogen) atoms. The monoisotopic (exact) mass is 485 g/mol. The zero-order chi connectivity index (χ0) is 24.9. The van der Waals surface area contributed by atoms with E-state index in [0.29, 0.717) is 29.9 Å². The Morgan fingerprint density at radius 2 is 1.77 bits per heavy atom. The van der Waals surface area contributed by atoms with Gasteiger partial charge in [-0.3, -0.25) is 0 Å². The third-order valence-corrected chi connectivity index (χ3v) is 6.23. The molecule has 5 rings (SSSR count). The maximum Gasteiger partial charge on any atom is 0.204 e. The van der Waals surface area contributed by atoms with Crippen LogP contribution in [0.15, 0.2) is 36.7 Å². The molecule has 0 amide bonds. The summed E-state index contributed by atoms with van der Waals surface area (Å²) in [7, 11) is 0. The number of benzene rings is 2. The van der Waals surface area contributed by atoms with Crippen LogP contribution in [0.25, 0.3) is 5.57 Å². The van der Waals surface area contributed by atoms with Crippen molar-refractivity contribution in [3.8, 4) is 17.7 Å². The predicted octanol–water partition coefficient (Wildman–Crippen LogP) is 4.88. The summed E-state index contributed by atoms with van der Waals surface area (Å²) in [5.41, 5.74) is 7.71. The number of aromatic nitrogens is 2. The molecule has 2 N–H and O–H groups in total. The minimum absolute atomic E-state index is 0.0499. The number of halogens is 5. The quantitative estimate of drug-likeness (QED) is 0.322. The summed E-state index contributed by atoms with van der Waals surface area (Å²) in [6, 6.07) is 3.41. The lowest BCUT2D eigenvalue weighted by Crippen LogP contribution is -2.17. The van der Waals surface area contributed by atoms with Crippen LogP contribution in [0, 0.1) is 46.5 Å². The Hall–Kier alpha value is -4.20. The smallest absolute Gasteiger partial charge is 0.204 e. The van der Waals surface area contributed by atoms with Gasteiger partial charge in [0, 0.05) is 42.3 Å². The third kappa shape index (κ3) is 3.80. The van der Waals surface area contributed by atoms with Crippen molar-refractivity contribution in [2.24, 2.45) is 5.92 Å². The Morgan fingerprint density at radius 3 is 2.43 bits per heavy atom. The molecular weight excluding hydrogens is 469 g/mol. The molecule has 2 heterocycles. The minimum atomic E-state index is -1.74. The second-order valence-corrected chi connectivity index (χ2v) is 8.26. The van der Waals surface area contributed by atoms with Gasteiger partial charge in [-0.2, -0.15) is 14.0 Å². The Balaban J connectivity index is 1.51. The topological polar surface area (TPSA) is 88.1 Å². The Bertz CT molecular complexity index is 1390. The second kappa shape index (κ2) is 8.54. The molecule has 2 atom stereocenters. The number of anilines is 1. The second-order valence-electron chi connectivity index (χ2n) is 8.26. The van der Waals surface area contributed by atoms with E-state index in [9.17, 15) is 22.8 Å². The van der Waals surface area contributed by atoms with E-state index in [1.807, 2.05) is 6.08 Å². The highest BCUT2D eigenvalue weighted by atomic mass is 19.2. The van der Waals surface area contributed by atoms with E-state index in [2.05, 4.69) is 16.2 Å². The van der Waals surface area contributed by atoms with Crippen molar-refractivity contribution < 1.29 is 26.7 Å². The molecule has 1 aliphatic heterocycles. The first-order chi connectivity index (χ1) is 16.8. The SMILES string of the molecule is N#CN1CC[C@@H](C2C=C(c3ccc(Oc4c(F)c(F)cc(F)c4F)cc3F)c3c(N)ncnc32)C1. The lowest BCUT2D eigenvalue weighted by Gasteiger charge is -2.17. The van der Waals surface area contributed by atoms with Crippen LogP contribution in [0.4, 0.5) is 27.8 Å². The molecule has 1 unspecified atom stereocenters. The van der Waals surface area contributed by atoms with Gasteiger partial charge in [0.05, 0.1) is 5.69 Å². The molecule has 0 spiro atoms. The molecule has 178 valence electrons. The van der Waals surface area contributed by atoms with Crippen LogP contribution in [0.2, 0.25) is 0 Å². The van der Waals surface area contributed by atoms with Crippen molar-refractivity contribution in [2.45, 2.75) is 12.3 Å². The molecule has 3 aromatic rings. The van der Waals surface area contributed by atoms with Crippen LogP contribution in [-0.4, -0.2) is 28.0 Å². The molecule has 11 heteroatoms. The number of allylic oxidation sites excluding steroid dienone is 1. The zero-order valence-corrected chi connectivity index (χ0v) is 17.9. The Kier molecular flexibility index (Phi) is 5.51. The molecule has 1 saturated heterocycles. The summed E-state index contributed by atoms with van der Waals surface area (Å²) in [5.74, 6) is -9.31. The molecule has 1 aliphatic carbocycles. The van der Waals surface area contributed by atoms with E-state index in [1.165, 1.54) is 18.5 Å². The first-order valence-corrected chi connectivity index (χ1v) is 10.6. The first kappa shape index (κ1) is 22.6. The van der Waals surface area contributed by atoms with Crippen molar-refractivity contribution in [1.82, 2.24) is 14.9 Å². The molecule has 6 nitrogen and oxygen atoms in total. The fraction of sp³-hybridized carbons (Fsp3) is 0.208. The van der Waals surface area contributed by atoms with Gasteiger partial charge in [-0.25, -0.2) is 23.1 Å². The van der Waals surface area contributed by atoms with E-state index in [1.54, 1.807) is 4.90 Å². The number of hydrogen-bond donors (Lipinski definition) is 1. The number of nitrogens with two attached hydrogens (primary N) is 1. The molecule has 0 saturated carbocycles. The molecule has 1 fully saturated rings. The van der Waals surface area contributed by atoms with E-state index in [4.69, 9.17) is 10.5 Å². The van der Waals surface area contributed by atoms with E-state index in [0.717, 1.165) is 12.5 Å². The van der Waals surface area contributed by atoms with E-state index < -0.39 is 34.8 Å². The van der Waals surface area contributed by atoms with Gasteiger partial charge in [-0.05, 0) is 30.0 Å². The number of nitrogen functional groups attached to an aromatic ring is 1. The van der Waals surface area contributed by atoms with Crippen LogP contribution >= 0.6 is 0 Å². The number of ether oxygens (including phenoxy) is 1. The molecule has 1 aromatic heterocycles. The van der Waals surface area contributed by atoms with Gasteiger partial charge in [-0.15, -0.1) is 0 Å². The zero-order valence-electron chi connectivity index (χ0n) is 17.9. The van der Waals surface area contributed by atoms with Crippen LogP contribution in [0.5, 0.6) is 11.5 Å². The maximum atomic E-state index is 15.2. The van der Waals surface area contributed by atoms with Gasteiger partial charge in [0.1, 0.15) is 23.7 Å². The lowest BCUT2D eigenvalue weighted by molar-refractivity contribution is 0.365. The first-order valence-electron chi connectivity index (χ1n) is 10.6. The number of nitriles is 1. The number of nitrogens with zero attached hydrogens (tertiary/aromatic N) is 4. The van der Waals surface area contributed by atoms with E-state index >= 15 is 4.39 Å². The van der Waals surface area contributed by atoms with Gasteiger partial charge >= 0.3 is 0 Å². The molecule has 2 aliphatic rings. The lowest BCUT2D eigenvalue weighted by atomic mass is 9.90. The van der Waals surface area contributed by atoms with Gasteiger partial charge in [0.15, 0.2) is 17.8 Å². The fourth-order valence-corrected chi connectivity index (χ4v) is 4.58. The van der Waals surface area contributed by atoms with Gasteiger partial charge in [-0.1, -0.05) is 6.08 Å². The summed E-state index contributed by atoms with van der Waals surface area (Å²) in [6.45, 7) is 1.12. The summed E-state index contributed by atoms with van der Waals surface area (Å²) < 4.78 is 75.0. The highest BCUT2D eigenvalue weighted by Gasteiger charge is 2.37. The maximum absolute atomic E-state index is 15.2.